The second kappa shape index (κ2) is 7.58. The zero-order valence-corrected chi connectivity index (χ0v) is 15.4. The Kier molecular flexibility index (Phi) is 4.83. The number of nitrogens with one attached hydrogen (secondary N) is 1. The van der Waals surface area contributed by atoms with Gasteiger partial charge in [-0.15, -0.1) is 0 Å². The van der Waals surface area contributed by atoms with Crippen LogP contribution in [-0.2, 0) is 12.8 Å². The summed E-state index contributed by atoms with van der Waals surface area (Å²) in [6.07, 6.45) is 4.72. The molecule has 1 amide bonds. The summed E-state index contributed by atoms with van der Waals surface area (Å²) < 4.78 is 0. The van der Waals surface area contributed by atoms with Crippen LogP contribution in [-0.4, -0.2) is 22.4 Å². The zero-order valence-electron chi connectivity index (χ0n) is 15.4. The first-order valence-electron chi connectivity index (χ1n) is 9.33. The van der Waals surface area contributed by atoms with Crippen LogP contribution in [0.4, 0.5) is 17.3 Å². The summed E-state index contributed by atoms with van der Waals surface area (Å²) in [6, 6.07) is 17.8. The molecule has 0 atom stereocenters. The van der Waals surface area contributed by atoms with Crippen molar-refractivity contribution in [2.24, 2.45) is 0 Å². The minimum atomic E-state index is -0.229. The van der Waals surface area contributed by atoms with Gasteiger partial charge in [-0.1, -0.05) is 37.3 Å². The highest BCUT2D eigenvalue weighted by Gasteiger charge is 2.21. The smallest absolute Gasteiger partial charge is 0.274 e. The summed E-state index contributed by atoms with van der Waals surface area (Å²) in [6.45, 7) is 2.95. The number of benzene rings is 2. The molecule has 1 aliphatic rings. The number of aromatic nitrogens is 2. The Bertz CT molecular complexity index is 953. The standard InChI is InChI=1S/C22H22N4O/c1-2-16-9-11-18(12-10-16)24-21(27)19-13-14-23-22(25-19)26-15-5-7-17-6-3-4-8-20(17)26/h3-4,6,8-14H,2,5,7,15H2,1H3,(H,24,27). The topological polar surface area (TPSA) is 58.1 Å². The SMILES string of the molecule is CCc1ccc(NC(=O)c2ccnc(N3CCCc4ccccc43)n2)cc1. The molecule has 0 saturated heterocycles. The molecular weight excluding hydrogens is 336 g/mol. The van der Waals surface area contributed by atoms with Crippen molar-refractivity contribution >= 4 is 23.2 Å². The normalized spacial score (nSPS) is 13.1. The van der Waals surface area contributed by atoms with Gasteiger partial charge in [0.25, 0.3) is 5.91 Å². The van der Waals surface area contributed by atoms with Crippen LogP contribution in [0.5, 0.6) is 0 Å². The average molecular weight is 358 g/mol. The first-order chi connectivity index (χ1) is 13.2. The maximum absolute atomic E-state index is 12.6. The van der Waals surface area contributed by atoms with E-state index in [1.54, 1.807) is 12.3 Å². The summed E-state index contributed by atoms with van der Waals surface area (Å²) in [5.41, 5.74) is 4.78. The van der Waals surface area contributed by atoms with E-state index in [2.05, 4.69) is 45.3 Å². The minimum absolute atomic E-state index is 0.229. The molecule has 4 rings (SSSR count). The molecule has 1 N–H and O–H groups in total. The first kappa shape index (κ1) is 17.2. The molecule has 3 aromatic rings. The number of hydrogen-bond acceptors (Lipinski definition) is 4. The van der Waals surface area contributed by atoms with Crippen LogP contribution in [0.3, 0.4) is 0 Å². The van der Waals surface area contributed by atoms with Gasteiger partial charge in [-0.05, 0) is 54.7 Å². The molecule has 1 aliphatic heterocycles. The number of amides is 1. The lowest BCUT2D eigenvalue weighted by Gasteiger charge is -2.29. The van der Waals surface area contributed by atoms with E-state index in [0.717, 1.165) is 37.2 Å². The highest BCUT2D eigenvalue weighted by atomic mass is 16.1. The fraction of sp³-hybridized carbons (Fsp3) is 0.227. The molecule has 5 heteroatoms. The van der Waals surface area contributed by atoms with Crippen LogP contribution >= 0.6 is 0 Å². The Morgan fingerprint density at radius 2 is 1.93 bits per heavy atom. The second-order valence-corrected chi connectivity index (χ2v) is 6.63. The summed E-state index contributed by atoms with van der Waals surface area (Å²) >= 11 is 0. The van der Waals surface area contributed by atoms with Gasteiger partial charge >= 0.3 is 0 Å². The van der Waals surface area contributed by atoms with Gasteiger partial charge in [-0.2, -0.15) is 0 Å². The van der Waals surface area contributed by atoms with E-state index in [1.165, 1.54) is 11.1 Å². The van der Waals surface area contributed by atoms with Gasteiger partial charge in [0.2, 0.25) is 5.95 Å². The van der Waals surface area contributed by atoms with Gasteiger partial charge in [0.05, 0.1) is 0 Å². The molecule has 27 heavy (non-hydrogen) atoms. The molecule has 0 spiro atoms. The number of rotatable bonds is 4. The van der Waals surface area contributed by atoms with Crippen LogP contribution in [0.25, 0.3) is 0 Å². The predicted molar refractivity (Wildman–Crippen MR) is 108 cm³/mol. The molecule has 2 heterocycles. The van der Waals surface area contributed by atoms with E-state index in [1.807, 2.05) is 30.3 Å². The Balaban J connectivity index is 1.56. The molecule has 0 radical (unpaired) electrons. The van der Waals surface area contributed by atoms with Crippen LogP contribution < -0.4 is 10.2 Å². The van der Waals surface area contributed by atoms with E-state index in [9.17, 15) is 4.79 Å². The lowest BCUT2D eigenvalue weighted by molar-refractivity contribution is 0.102. The average Bonchev–Trinajstić information content (AvgIpc) is 2.74. The van der Waals surface area contributed by atoms with Crippen molar-refractivity contribution < 1.29 is 4.79 Å². The maximum Gasteiger partial charge on any atom is 0.274 e. The fourth-order valence-electron chi connectivity index (χ4n) is 3.37. The summed E-state index contributed by atoms with van der Waals surface area (Å²) in [4.78, 5) is 23.7. The fourth-order valence-corrected chi connectivity index (χ4v) is 3.37. The molecule has 0 bridgehead atoms. The van der Waals surface area contributed by atoms with Crippen molar-refractivity contribution in [3.05, 3.63) is 77.6 Å². The predicted octanol–water partition coefficient (Wildman–Crippen LogP) is 4.38. The molecule has 0 unspecified atom stereocenters. The molecule has 5 nitrogen and oxygen atoms in total. The Morgan fingerprint density at radius 1 is 1.11 bits per heavy atom. The molecule has 0 saturated carbocycles. The molecular formula is C22H22N4O. The molecule has 2 aromatic carbocycles. The highest BCUT2D eigenvalue weighted by Crippen LogP contribution is 2.31. The minimum Gasteiger partial charge on any atom is -0.321 e. The molecule has 1 aromatic heterocycles. The van der Waals surface area contributed by atoms with E-state index in [-0.39, 0.29) is 5.91 Å². The maximum atomic E-state index is 12.6. The van der Waals surface area contributed by atoms with E-state index in [0.29, 0.717) is 11.6 Å². The van der Waals surface area contributed by atoms with E-state index < -0.39 is 0 Å². The number of aryl methyl sites for hydroxylation is 2. The Hall–Kier alpha value is -3.21. The van der Waals surface area contributed by atoms with E-state index in [4.69, 9.17) is 0 Å². The molecule has 136 valence electrons. The number of hydrogen-bond donors (Lipinski definition) is 1. The van der Waals surface area contributed by atoms with Crippen molar-refractivity contribution in [3.63, 3.8) is 0 Å². The van der Waals surface area contributed by atoms with Crippen molar-refractivity contribution in [1.29, 1.82) is 0 Å². The third-order valence-corrected chi connectivity index (χ3v) is 4.85. The summed E-state index contributed by atoms with van der Waals surface area (Å²) in [5.74, 6) is 0.337. The molecule has 0 fully saturated rings. The van der Waals surface area contributed by atoms with Crippen molar-refractivity contribution in [3.8, 4) is 0 Å². The van der Waals surface area contributed by atoms with Gasteiger partial charge in [0, 0.05) is 24.1 Å². The third kappa shape index (κ3) is 3.67. The number of fused-ring (bicyclic) bond motifs is 1. The zero-order chi connectivity index (χ0) is 18.6. The Labute approximate surface area is 159 Å². The van der Waals surface area contributed by atoms with E-state index >= 15 is 0 Å². The number of anilines is 3. The number of para-hydroxylation sites is 1. The van der Waals surface area contributed by atoms with Crippen LogP contribution in [0.1, 0.15) is 35.0 Å². The van der Waals surface area contributed by atoms with Crippen molar-refractivity contribution in [1.82, 2.24) is 9.97 Å². The Morgan fingerprint density at radius 3 is 2.74 bits per heavy atom. The summed E-state index contributed by atoms with van der Waals surface area (Å²) in [5, 5.41) is 2.91. The highest BCUT2D eigenvalue weighted by molar-refractivity contribution is 6.03. The van der Waals surface area contributed by atoms with Gasteiger partial charge in [0.1, 0.15) is 5.69 Å². The number of carbonyl (C=O) groups excluding carboxylic acids is 1. The van der Waals surface area contributed by atoms with Crippen LogP contribution in [0.15, 0.2) is 60.8 Å². The van der Waals surface area contributed by atoms with Crippen molar-refractivity contribution in [2.75, 3.05) is 16.8 Å². The first-order valence-corrected chi connectivity index (χ1v) is 9.33. The number of nitrogens with zero attached hydrogens (tertiary/aromatic N) is 3. The quantitative estimate of drug-likeness (QED) is 0.752. The lowest BCUT2D eigenvalue weighted by atomic mass is 10.0. The van der Waals surface area contributed by atoms with Gasteiger partial charge < -0.3 is 10.2 Å². The third-order valence-electron chi connectivity index (χ3n) is 4.85. The van der Waals surface area contributed by atoms with Crippen LogP contribution in [0, 0.1) is 0 Å². The van der Waals surface area contributed by atoms with Gasteiger partial charge in [0.15, 0.2) is 0 Å². The second-order valence-electron chi connectivity index (χ2n) is 6.63. The molecule has 0 aliphatic carbocycles. The van der Waals surface area contributed by atoms with Gasteiger partial charge in [-0.25, -0.2) is 9.97 Å². The number of carbonyl (C=O) groups is 1. The van der Waals surface area contributed by atoms with Crippen molar-refractivity contribution in [2.45, 2.75) is 26.2 Å². The van der Waals surface area contributed by atoms with Gasteiger partial charge in [-0.3, -0.25) is 4.79 Å². The monoisotopic (exact) mass is 358 g/mol. The summed E-state index contributed by atoms with van der Waals surface area (Å²) in [7, 11) is 0. The van der Waals surface area contributed by atoms with Crippen LogP contribution in [0.2, 0.25) is 0 Å². The lowest BCUT2D eigenvalue weighted by Crippen LogP contribution is -2.27. The largest absolute Gasteiger partial charge is 0.321 e.